The molecule has 0 radical (unpaired) electrons. The van der Waals surface area contributed by atoms with E-state index in [9.17, 15) is 17.6 Å². The molecule has 1 heterocycles. The maximum Gasteiger partial charge on any atom is 0.356 e. The number of benzene rings is 1. The Labute approximate surface area is 125 Å². The van der Waals surface area contributed by atoms with Crippen LogP contribution in [0.15, 0.2) is 32.4 Å². The third kappa shape index (κ3) is 2.97. The molecule has 106 valence electrons. The smallest absolute Gasteiger partial charge is 0.356 e. The summed E-state index contributed by atoms with van der Waals surface area (Å²) in [5.74, 6) is -1.98. The van der Waals surface area contributed by atoms with Crippen LogP contribution in [0.25, 0.3) is 0 Å². The zero-order chi connectivity index (χ0) is 14.9. The van der Waals surface area contributed by atoms with Crippen LogP contribution in [0.3, 0.4) is 0 Å². The maximum atomic E-state index is 12.9. The van der Waals surface area contributed by atoms with Crippen LogP contribution in [0.1, 0.15) is 10.5 Å². The number of carboxylic acid groups (broad SMARTS) is 1. The molecule has 0 fully saturated rings. The summed E-state index contributed by atoms with van der Waals surface area (Å²) in [6.07, 6.45) is 0. The van der Waals surface area contributed by atoms with Crippen LogP contribution in [0.4, 0.5) is 10.1 Å². The molecule has 0 bridgehead atoms. The summed E-state index contributed by atoms with van der Waals surface area (Å²) < 4.78 is 39.1. The first-order valence-corrected chi connectivity index (χ1v) is 8.11. The van der Waals surface area contributed by atoms with Crippen LogP contribution in [0.2, 0.25) is 0 Å². The Morgan fingerprint density at radius 2 is 2.15 bits per heavy atom. The van der Waals surface area contributed by atoms with E-state index >= 15 is 0 Å². The van der Waals surface area contributed by atoms with Crippen molar-refractivity contribution in [2.24, 2.45) is 0 Å². The van der Waals surface area contributed by atoms with Crippen molar-refractivity contribution in [3.05, 3.63) is 39.7 Å². The Bertz CT molecular complexity index is 775. The van der Waals surface area contributed by atoms with Crippen molar-refractivity contribution in [3.63, 3.8) is 0 Å². The summed E-state index contributed by atoms with van der Waals surface area (Å²) in [4.78, 5) is 14.4. The Morgan fingerprint density at radius 3 is 2.75 bits per heavy atom. The maximum absolute atomic E-state index is 12.9. The van der Waals surface area contributed by atoms with Crippen LogP contribution < -0.4 is 4.72 Å². The summed E-state index contributed by atoms with van der Waals surface area (Å²) in [6, 6.07) is 3.38. The van der Waals surface area contributed by atoms with Crippen LogP contribution in [-0.4, -0.2) is 24.5 Å². The standard InChI is InChI=1S/C10H6BrFN2O4S2/c11-6-3-5(12)1-2-7(6)14-20(17,18)10-8(9(15)16)13-4-19-10/h1-4,14H,(H,15,16). The van der Waals surface area contributed by atoms with Gasteiger partial charge in [0.1, 0.15) is 5.82 Å². The van der Waals surface area contributed by atoms with E-state index < -0.39 is 31.7 Å². The van der Waals surface area contributed by atoms with Crippen LogP contribution >= 0.6 is 27.3 Å². The molecule has 0 aliphatic carbocycles. The highest BCUT2D eigenvalue weighted by Crippen LogP contribution is 2.28. The van der Waals surface area contributed by atoms with E-state index in [0.29, 0.717) is 11.3 Å². The first kappa shape index (κ1) is 14.9. The van der Waals surface area contributed by atoms with E-state index in [2.05, 4.69) is 25.6 Å². The van der Waals surface area contributed by atoms with E-state index in [4.69, 9.17) is 5.11 Å². The molecule has 0 unspecified atom stereocenters. The van der Waals surface area contributed by atoms with Gasteiger partial charge in [0.15, 0.2) is 9.90 Å². The molecule has 0 aliphatic rings. The lowest BCUT2D eigenvalue weighted by Gasteiger charge is -2.08. The average molecular weight is 381 g/mol. The minimum Gasteiger partial charge on any atom is -0.476 e. The van der Waals surface area contributed by atoms with Crippen molar-refractivity contribution in [2.75, 3.05) is 4.72 Å². The molecule has 2 N–H and O–H groups in total. The molecule has 6 nitrogen and oxygen atoms in total. The van der Waals surface area contributed by atoms with Crippen LogP contribution in [0, 0.1) is 5.82 Å². The number of rotatable bonds is 4. The van der Waals surface area contributed by atoms with Crippen molar-refractivity contribution in [1.82, 2.24) is 4.98 Å². The number of halogens is 2. The minimum atomic E-state index is -4.11. The van der Waals surface area contributed by atoms with E-state index in [0.717, 1.165) is 17.6 Å². The molecule has 2 aromatic rings. The minimum absolute atomic E-state index is 0.0936. The van der Waals surface area contributed by atoms with E-state index in [1.54, 1.807) is 0 Å². The normalized spacial score (nSPS) is 11.3. The number of aromatic carboxylic acids is 1. The molecular formula is C10H6BrFN2O4S2. The predicted molar refractivity (Wildman–Crippen MR) is 74.0 cm³/mol. The zero-order valence-corrected chi connectivity index (χ0v) is 12.7. The molecule has 20 heavy (non-hydrogen) atoms. The Hall–Kier alpha value is -1.52. The number of carboxylic acids is 1. The van der Waals surface area contributed by atoms with Gasteiger partial charge in [-0.2, -0.15) is 0 Å². The van der Waals surface area contributed by atoms with Crippen molar-refractivity contribution < 1.29 is 22.7 Å². The lowest BCUT2D eigenvalue weighted by atomic mass is 10.3. The predicted octanol–water partition coefficient (Wildman–Crippen LogP) is 2.54. The summed E-state index contributed by atoms with van der Waals surface area (Å²) >= 11 is 3.70. The number of sulfonamides is 1. The summed E-state index contributed by atoms with van der Waals surface area (Å²) in [6.45, 7) is 0. The average Bonchev–Trinajstić information content (AvgIpc) is 2.82. The van der Waals surface area contributed by atoms with Crippen LogP contribution in [-0.2, 0) is 10.0 Å². The topological polar surface area (TPSA) is 96.4 Å². The van der Waals surface area contributed by atoms with Crippen molar-refractivity contribution in [2.45, 2.75) is 4.21 Å². The number of hydrogen-bond donors (Lipinski definition) is 2. The summed E-state index contributed by atoms with van der Waals surface area (Å²) in [5, 5.41) is 8.87. The van der Waals surface area contributed by atoms with Crippen molar-refractivity contribution >= 4 is 48.9 Å². The highest BCUT2D eigenvalue weighted by molar-refractivity contribution is 9.10. The van der Waals surface area contributed by atoms with Gasteiger partial charge in [0.2, 0.25) is 0 Å². The fraction of sp³-hybridized carbons (Fsp3) is 0. The number of nitrogens with one attached hydrogen (secondary N) is 1. The largest absolute Gasteiger partial charge is 0.476 e. The van der Waals surface area contributed by atoms with Gasteiger partial charge in [-0.05, 0) is 34.1 Å². The van der Waals surface area contributed by atoms with Gasteiger partial charge in [0, 0.05) is 4.47 Å². The van der Waals surface area contributed by atoms with E-state index in [1.807, 2.05) is 0 Å². The Kier molecular flexibility index (Phi) is 4.06. The monoisotopic (exact) mass is 380 g/mol. The molecule has 0 aliphatic heterocycles. The molecule has 0 spiro atoms. The SMILES string of the molecule is O=C(O)c1ncsc1S(=O)(=O)Nc1ccc(F)cc1Br. The third-order valence-corrected chi connectivity index (χ3v) is 5.55. The number of anilines is 1. The van der Waals surface area contributed by atoms with Crippen LogP contribution in [0.5, 0.6) is 0 Å². The summed E-state index contributed by atoms with van der Waals surface area (Å²) in [5.41, 5.74) is 0.662. The number of carbonyl (C=O) groups is 1. The van der Waals surface area contributed by atoms with E-state index in [-0.39, 0.29) is 10.2 Å². The van der Waals surface area contributed by atoms with Crippen molar-refractivity contribution in [1.29, 1.82) is 0 Å². The number of thiazole rings is 1. The molecule has 10 heteroatoms. The molecule has 1 aromatic carbocycles. The van der Waals surface area contributed by atoms with Gasteiger partial charge in [-0.3, -0.25) is 4.72 Å². The number of nitrogens with zero attached hydrogens (tertiary/aromatic N) is 1. The molecular weight excluding hydrogens is 375 g/mol. The zero-order valence-electron chi connectivity index (χ0n) is 9.50. The highest BCUT2D eigenvalue weighted by atomic mass is 79.9. The van der Waals surface area contributed by atoms with Gasteiger partial charge < -0.3 is 5.11 Å². The highest BCUT2D eigenvalue weighted by Gasteiger charge is 2.26. The molecule has 0 saturated carbocycles. The van der Waals surface area contributed by atoms with Gasteiger partial charge in [-0.15, -0.1) is 11.3 Å². The lowest BCUT2D eigenvalue weighted by molar-refractivity contribution is 0.0687. The van der Waals surface area contributed by atoms with Gasteiger partial charge in [-0.1, -0.05) is 0 Å². The molecule has 0 atom stereocenters. The van der Waals surface area contributed by atoms with Crippen molar-refractivity contribution in [3.8, 4) is 0 Å². The van der Waals surface area contributed by atoms with Gasteiger partial charge >= 0.3 is 5.97 Å². The second-order valence-corrected chi connectivity index (χ2v) is 7.11. The fourth-order valence-corrected chi connectivity index (χ4v) is 4.13. The van der Waals surface area contributed by atoms with Gasteiger partial charge in [0.05, 0.1) is 11.2 Å². The molecule has 0 saturated heterocycles. The molecule has 0 amide bonds. The summed E-state index contributed by atoms with van der Waals surface area (Å²) in [7, 11) is -4.11. The fourth-order valence-electron chi connectivity index (χ4n) is 1.33. The third-order valence-electron chi connectivity index (χ3n) is 2.16. The first-order valence-electron chi connectivity index (χ1n) is 4.96. The van der Waals surface area contributed by atoms with Gasteiger partial charge in [-0.25, -0.2) is 22.6 Å². The lowest BCUT2D eigenvalue weighted by Crippen LogP contribution is -2.15. The quantitative estimate of drug-likeness (QED) is 0.849. The molecule has 1 aromatic heterocycles. The first-order chi connectivity index (χ1) is 9.31. The Morgan fingerprint density at radius 1 is 1.45 bits per heavy atom. The second kappa shape index (κ2) is 5.46. The number of hydrogen-bond acceptors (Lipinski definition) is 5. The Balaban J connectivity index is 2.41. The van der Waals surface area contributed by atoms with E-state index in [1.165, 1.54) is 6.07 Å². The number of aromatic nitrogens is 1. The second-order valence-electron chi connectivity index (χ2n) is 3.52. The van der Waals surface area contributed by atoms with Gasteiger partial charge in [0.25, 0.3) is 10.0 Å². The molecule has 2 rings (SSSR count).